The van der Waals surface area contributed by atoms with Gasteiger partial charge in [-0.15, -0.1) is 0 Å². The van der Waals surface area contributed by atoms with Crippen molar-refractivity contribution in [3.8, 4) is 0 Å². The van der Waals surface area contributed by atoms with E-state index >= 15 is 0 Å². The number of ether oxygens (including phenoxy) is 1. The fourth-order valence-corrected chi connectivity index (χ4v) is 0.936. The summed E-state index contributed by atoms with van der Waals surface area (Å²) in [7, 11) is -3.28. The van der Waals surface area contributed by atoms with Crippen molar-refractivity contribution in [2.24, 2.45) is 0 Å². The first-order chi connectivity index (χ1) is 5.12. The third-order valence-corrected chi connectivity index (χ3v) is 2.28. The summed E-state index contributed by atoms with van der Waals surface area (Å²) >= 11 is 0. The van der Waals surface area contributed by atoms with E-state index in [0.717, 1.165) is 0 Å². The van der Waals surface area contributed by atoms with E-state index in [2.05, 4.69) is 4.18 Å². The van der Waals surface area contributed by atoms with Crippen molar-refractivity contribution in [2.75, 3.05) is 25.6 Å². The Morgan fingerprint density at radius 2 is 1.82 bits per heavy atom. The van der Waals surface area contributed by atoms with Gasteiger partial charge in [0.15, 0.2) is 0 Å². The summed E-state index contributed by atoms with van der Waals surface area (Å²) in [4.78, 5) is 0. The van der Waals surface area contributed by atoms with Crippen molar-refractivity contribution in [2.45, 2.75) is 13.8 Å². The van der Waals surface area contributed by atoms with Crippen LogP contribution in [0.5, 0.6) is 0 Å². The predicted molar refractivity (Wildman–Crippen MR) is 41.9 cm³/mol. The van der Waals surface area contributed by atoms with Crippen molar-refractivity contribution in [1.82, 2.24) is 0 Å². The summed E-state index contributed by atoms with van der Waals surface area (Å²) in [6.45, 7) is 4.40. The number of hydrogen-bond donors (Lipinski definition) is 0. The molecular weight excluding hydrogens is 168 g/mol. The van der Waals surface area contributed by atoms with Gasteiger partial charge in [0.1, 0.15) is 0 Å². The maximum Gasteiger partial charge on any atom is 0.267 e. The van der Waals surface area contributed by atoms with E-state index in [1.54, 1.807) is 0 Å². The normalized spacial score (nSPS) is 11.8. The Morgan fingerprint density at radius 3 is 2.27 bits per heavy atom. The van der Waals surface area contributed by atoms with Crippen LogP contribution in [0.25, 0.3) is 0 Å². The van der Waals surface area contributed by atoms with Crippen molar-refractivity contribution in [3.63, 3.8) is 0 Å². The van der Waals surface area contributed by atoms with Gasteiger partial charge in [-0.25, -0.2) is 0 Å². The van der Waals surface area contributed by atoms with Crippen LogP contribution in [0.1, 0.15) is 13.8 Å². The Morgan fingerprint density at radius 1 is 1.18 bits per heavy atom. The van der Waals surface area contributed by atoms with E-state index in [1.807, 2.05) is 6.92 Å². The summed E-state index contributed by atoms with van der Waals surface area (Å²) < 4.78 is 30.8. The Bertz CT molecular complexity index is 173. The van der Waals surface area contributed by atoms with Crippen molar-refractivity contribution in [3.05, 3.63) is 0 Å². The molecule has 0 aliphatic rings. The topological polar surface area (TPSA) is 52.6 Å². The van der Waals surface area contributed by atoms with E-state index in [0.29, 0.717) is 13.2 Å². The molecule has 0 radical (unpaired) electrons. The molecular formula is C6H14O4S. The van der Waals surface area contributed by atoms with Gasteiger partial charge in [-0.05, 0) is 13.8 Å². The maximum atomic E-state index is 10.7. The second-order valence-electron chi connectivity index (χ2n) is 1.87. The standard InChI is InChI=1S/C6H14O4S/c1-3-9-5-6-10-11(7,8)4-2/h3-6H2,1-2H3. The highest BCUT2D eigenvalue weighted by Gasteiger charge is 2.05. The summed E-state index contributed by atoms with van der Waals surface area (Å²) in [5.74, 6) is 0.0130. The smallest absolute Gasteiger partial charge is 0.267 e. The third-order valence-electron chi connectivity index (χ3n) is 1.05. The van der Waals surface area contributed by atoms with Gasteiger partial charge in [0, 0.05) is 6.61 Å². The van der Waals surface area contributed by atoms with Crippen LogP contribution in [0.4, 0.5) is 0 Å². The van der Waals surface area contributed by atoms with Crippen LogP contribution < -0.4 is 0 Å². The molecule has 0 aromatic carbocycles. The zero-order chi connectivity index (χ0) is 8.74. The quantitative estimate of drug-likeness (QED) is 0.440. The minimum Gasteiger partial charge on any atom is -0.379 e. The fraction of sp³-hybridized carbons (Fsp3) is 1.00. The molecule has 0 heterocycles. The third kappa shape index (κ3) is 6.28. The zero-order valence-electron chi connectivity index (χ0n) is 6.87. The van der Waals surface area contributed by atoms with Crippen LogP contribution in [0.3, 0.4) is 0 Å². The highest BCUT2D eigenvalue weighted by Crippen LogP contribution is 1.91. The minimum atomic E-state index is -3.28. The molecule has 0 aliphatic carbocycles. The maximum absolute atomic E-state index is 10.7. The second-order valence-corrected chi connectivity index (χ2v) is 3.79. The Kier molecular flexibility index (Phi) is 5.45. The first kappa shape index (κ1) is 10.9. The van der Waals surface area contributed by atoms with Crippen LogP contribution in [-0.4, -0.2) is 34.0 Å². The molecule has 0 saturated carbocycles. The summed E-state index contributed by atoms with van der Waals surface area (Å²) in [6.07, 6.45) is 0. The molecule has 0 aliphatic heterocycles. The summed E-state index contributed by atoms with van der Waals surface area (Å²) in [5, 5.41) is 0. The lowest BCUT2D eigenvalue weighted by Crippen LogP contribution is -2.12. The van der Waals surface area contributed by atoms with Gasteiger partial charge in [0.2, 0.25) is 0 Å². The van der Waals surface area contributed by atoms with Crippen LogP contribution in [0.2, 0.25) is 0 Å². The molecule has 5 heteroatoms. The van der Waals surface area contributed by atoms with E-state index in [9.17, 15) is 8.42 Å². The molecule has 0 saturated heterocycles. The zero-order valence-corrected chi connectivity index (χ0v) is 7.69. The first-order valence-electron chi connectivity index (χ1n) is 3.57. The summed E-state index contributed by atoms with van der Waals surface area (Å²) in [6, 6.07) is 0. The number of rotatable bonds is 6. The molecule has 0 aromatic rings. The highest BCUT2D eigenvalue weighted by molar-refractivity contribution is 7.86. The summed E-state index contributed by atoms with van der Waals surface area (Å²) in [5.41, 5.74) is 0. The predicted octanol–water partition coefficient (Wildman–Crippen LogP) is 0.389. The lowest BCUT2D eigenvalue weighted by molar-refractivity contribution is 0.112. The Balaban J connectivity index is 3.39. The second kappa shape index (κ2) is 5.51. The molecule has 0 amide bonds. The first-order valence-corrected chi connectivity index (χ1v) is 5.15. The van der Waals surface area contributed by atoms with Crippen LogP contribution in [0, 0.1) is 0 Å². The number of hydrogen-bond acceptors (Lipinski definition) is 4. The van der Waals surface area contributed by atoms with Crippen molar-refractivity contribution >= 4 is 10.1 Å². The van der Waals surface area contributed by atoms with E-state index in [4.69, 9.17) is 4.74 Å². The van der Waals surface area contributed by atoms with Crippen molar-refractivity contribution in [1.29, 1.82) is 0 Å². The molecule has 4 nitrogen and oxygen atoms in total. The molecule has 0 atom stereocenters. The molecule has 0 bridgehead atoms. The van der Waals surface area contributed by atoms with E-state index < -0.39 is 10.1 Å². The molecule has 68 valence electrons. The van der Waals surface area contributed by atoms with Crippen LogP contribution in [-0.2, 0) is 19.0 Å². The van der Waals surface area contributed by atoms with Gasteiger partial charge in [0.05, 0.1) is 19.0 Å². The van der Waals surface area contributed by atoms with E-state index in [-0.39, 0.29) is 12.4 Å². The van der Waals surface area contributed by atoms with Gasteiger partial charge < -0.3 is 4.74 Å². The van der Waals surface area contributed by atoms with Gasteiger partial charge in [-0.1, -0.05) is 0 Å². The molecule has 0 fully saturated rings. The molecule has 0 unspecified atom stereocenters. The monoisotopic (exact) mass is 182 g/mol. The average molecular weight is 182 g/mol. The fourth-order valence-electron chi connectivity index (χ4n) is 0.448. The van der Waals surface area contributed by atoms with Crippen LogP contribution in [0.15, 0.2) is 0 Å². The van der Waals surface area contributed by atoms with Gasteiger partial charge in [-0.2, -0.15) is 8.42 Å². The highest BCUT2D eigenvalue weighted by atomic mass is 32.2. The molecule has 0 spiro atoms. The minimum absolute atomic E-state index is 0.0130. The van der Waals surface area contributed by atoms with Gasteiger partial charge >= 0.3 is 0 Å². The van der Waals surface area contributed by atoms with Gasteiger partial charge in [-0.3, -0.25) is 4.18 Å². The Labute approximate surface area is 67.6 Å². The SMILES string of the molecule is CCOCCOS(=O)(=O)CC. The molecule has 11 heavy (non-hydrogen) atoms. The van der Waals surface area contributed by atoms with Gasteiger partial charge in [0.25, 0.3) is 10.1 Å². The average Bonchev–Trinajstić information content (AvgIpc) is 1.99. The lowest BCUT2D eigenvalue weighted by atomic mass is 10.8. The van der Waals surface area contributed by atoms with Crippen LogP contribution >= 0.6 is 0 Å². The van der Waals surface area contributed by atoms with E-state index in [1.165, 1.54) is 6.92 Å². The largest absolute Gasteiger partial charge is 0.379 e. The molecule has 0 N–H and O–H groups in total. The lowest BCUT2D eigenvalue weighted by Gasteiger charge is -2.02. The molecule has 0 rings (SSSR count). The molecule has 0 aromatic heterocycles. The van der Waals surface area contributed by atoms with Crippen molar-refractivity contribution < 1.29 is 17.3 Å². The Hall–Kier alpha value is -0.130.